The number of carbonyl (C=O) groups is 3. The molecule has 2 N–H and O–H groups in total. The van der Waals surface area contributed by atoms with Crippen LogP contribution in [0.15, 0.2) is 83.3 Å². The molecule has 0 fully saturated rings. The van der Waals surface area contributed by atoms with Crippen molar-refractivity contribution in [1.29, 1.82) is 0 Å². The molecule has 1 heterocycles. The Labute approximate surface area is 187 Å². The molecule has 0 aromatic heterocycles. The molecule has 4 rings (SSSR count). The average Bonchev–Trinajstić information content (AvgIpc) is 2.78. The monoisotopic (exact) mass is 475 g/mol. The van der Waals surface area contributed by atoms with Gasteiger partial charge in [-0.25, -0.2) is 0 Å². The molecule has 1 aliphatic heterocycles. The van der Waals surface area contributed by atoms with E-state index in [2.05, 4.69) is 26.6 Å². The van der Waals surface area contributed by atoms with E-state index in [0.717, 1.165) is 10.0 Å². The van der Waals surface area contributed by atoms with Crippen molar-refractivity contribution in [3.05, 3.63) is 94.5 Å². The third kappa shape index (κ3) is 4.73. The summed E-state index contributed by atoms with van der Waals surface area (Å²) in [6.45, 7) is -0.0474. The van der Waals surface area contributed by atoms with Crippen molar-refractivity contribution < 1.29 is 14.4 Å². The summed E-state index contributed by atoms with van der Waals surface area (Å²) in [6, 6.07) is 21.3. The van der Waals surface area contributed by atoms with E-state index in [9.17, 15) is 14.4 Å². The third-order valence-corrected chi connectivity index (χ3v) is 5.46. The predicted molar refractivity (Wildman–Crippen MR) is 125 cm³/mol. The normalized spacial score (nSPS) is 12.9. The quantitative estimate of drug-likeness (QED) is 0.536. The van der Waals surface area contributed by atoms with Gasteiger partial charge in [-0.1, -0.05) is 46.3 Å². The minimum absolute atomic E-state index is 0.0474. The van der Waals surface area contributed by atoms with E-state index in [1.165, 1.54) is 11.0 Å². The smallest absolute Gasteiger partial charge is 0.258 e. The lowest BCUT2D eigenvalue weighted by atomic mass is 10.1. The molecule has 0 radical (unpaired) electrons. The van der Waals surface area contributed by atoms with Gasteiger partial charge in [-0.3, -0.25) is 19.3 Å². The summed E-state index contributed by atoms with van der Waals surface area (Å²) in [4.78, 5) is 38.6. The standard InChI is InChI=1S/C24H18BrN3O3/c25-19-6-2-1-5-16(19)11-14-22(29)26-18-12-9-17(10-13-18)24(31)28-15-23(30)27-20-7-3-4-8-21(20)28/h1-14H,15H2,(H,26,29)(H,27,30)/b14-11+. The Bertz CT molecular complexity index is 1190. The van der Waals surface area contributed by atoms with Gasteiger partial charge in [0.15, 0.2) is 0 Å². The van der Waals surface area contributed by atoms with Gasteiger partial charge in [0.1, 0.15) is 6.54 Å². The van der Waals surface area contributed by atoms with Crippen LogP contribution in [-0.4, -0.2) is 24.3 Å². The lowest BCUT2D eigenvalue weighted by Gasteiger charge is -2.29. The van der Waals surface area contributed by atoms with E-state index in [1.807, 2.05) is 30.3 Å². The Kier molecular flexibility index (Phi) is 5.95. The van der Waals surface area contributed by atoms with Crippen molar-refractivity contribution in [3.63, 3.8) is 0 Å². The minimum Gasteiger partial charge on any atom is -0.323 e. The minimum atomic E-state index is -0.283. The van der Waals surface area contributed by atoms with E-state index >= 15 is 0 Å². The highest BCUT2D eigenvalue weighted by atomic mass is 79.9. The molecule has 0 unspecified atom stereocenters. The topological polar surface area (TPSA) is 78.5 Å². The van der Waals surface area contributed by atoms with Gasteiger partial charge >= 0.3 is 0 Å². The molecular formula is C24H18BrN3O3. The van der Waals surface area contributed by atoms with Crippen molar-refractivity contribution >= 4 is 56.8 Å². The maximum Gasteiger partial charge on any atom is 0.258 e. The first-order chi connectivity index (χ1) is 15.0. The molecule has 1 aliphatic rings. The van der Waals surface area contributed by atoms with Crippen molar-refractivity contribution in [2.24, 2.45) is 0 Å². The summed E-state index contributed by atoms with van der Waals surface area (Å²) in [5.41, 5.74) is 3.14. The zero-order chi connectivity index (χ0) is 21.8. The Balaban J connectivity index is 1.45. The number of anilines is 3. The van der Waals surface area contributed by atoms with Gasteiger partial charge in [-0.15, -0.1) is 0 Å². The molecule has 3 aromatic rings. The molecule has 7 heteroatoms. The van der Waals surface area contributed by atoms with Gasteiger partial charge in [0, 0.05) is 21.8 Å². The van der Waals surface area contributed by atoms with Crippen LogP contribution in [0, 0.1) is 0 Å². The van der Waals surface area contributed by atoms with Gasteiger partial charge in [0.05, 0.1) is 11.4 Å². The molecule has 0 bridgehead atoms. The van der Waals surface area contributed by atoms with E-state index in [-0.39, 0.29) is 24.3 Å². The number of nitrogens with zero attached hydrogens (tertiary/aromatic N) is 1. The number of halogens is 1. The van der Waals surface area contributed by atoms with Crippen LogP contribution < -0.4 is 15.5 Å². The first kappa shape index (κ1) is 20.6. The van der Waals surface area contributed by atoms with Crippen LogP contribution in [0.2, 0.25) is 0 Å². The van der Waals surface area contributed by atoms with Crippen LogP contribution in [0.1, 0.15) is 15.9 Å². The molecule has 0 saturated heterocycles. The van der Waals surface area contributed by atoms with Crippen LogP contribution in [0.5, 0.6) is 0 Å². The Morgan fingerprint density at radius 2 is 1.68 bits per heavy atom. The molecule has 0 atom stereocenters. The van der Waals surface area contributed by atoms with Crippen molar-refractivity contribution in [2.75, 3.05) is 22.1 Å². The highest BCUT2D eigenvalue weighted by Crippen LogP contribution is 2.30. The summed E-state index contributed by atoms with van der Waals surface area (Å²) in [6.07, 6.45) is 3.17. The summed E-state index contributed by atoms with van der Waals surface area (Å²) < 4.78 is 0.898. The summed E-state index contributed by atoms with van der Waals surface area (Å²) in [7, 11) is 0. The lowest BCUT2D eigenvalue weighted by molar-refractivity contribution is -0.115. The molecule has 3 aromatic carbocycles. The number of hydrogen-bond donors (Lipinski definition) is 2. The fraction of sp³-hybridized carbons (Fsp3) is 0.0417. The van der Waals surface area contributed by atoms with Gasteiger partial charge < -0.3 is 10.6 Å². The number of amides is 3. The largest absolute Gasteiger partial charge is 0.323 e. The van der Waals surface area contributed by atoms with E-state index < -0.39 is 0 Å². The molecule has 3 amide bonds. The average molecular weight is 476 g/mol. The number of benzene rings is 3. The highest BCUT2D eigenvalue weighted by Gasteiger charge is 2.27. The van der Waals surface area contributed by atoms with Crippen LogP contribution in [-0.2, 0) is 9.59 Å². The van der Waals surface area contributed by atoms with Gasteiger partial charge in [0.2, 0.25) is 11.8 Å². The molecule has 154 valence electrons. The summed E-state index contributed by atoms with van der Waals surface area (Å²) in [5, 5.41) is 5.53. The molecule has 0 aliphatic carbocycles. The van der Waals surface area contributed by atoms with Crippen molar-refractivity contribution in [2.45, 2.75) is 0 Å². The molecular weight excluding hydrogens is 458 g/mol. The first-order valence-corrected chi connectivity index (χ1v) is 10.3. The van der Waals surface area contributed by atoms with Crippen LogP contribution in [0.25, 0.3) is 6.08 Å². The molecule has 31 heavy (non-hydrogen) atoms. The van der Waals surface area contributed by atoms with E-state index in [4.69, 9.17) is 0 Å². The van der Waals surface area contributed by atoms with E-state index in [0.29, 0.717) is 22.6 Å². The van der Waals surface area contributed by atoms with Crippen LogP contribution >= 0.6 is 15.9 Å². The Morgan fingerprint density at radius 1 is 0.968 bits per heavy atom. The Morgan fingerprint density at radius 3 is 2.45 bits per heavy atom. The SMILES string of the molecule is O=C(/C=C/c1ccccc1Br)Nc1ccc(C(=O)N2CC(=O)Nc3ccccc32)cc1. The first-order valence-electron chi connectivity index (χ1n) is 9.56. The van der Waals surface area contributed by atoms with Crippen LogP contribution in [0.4, 0.5) is 17.1 Å². The lowest BCUT2D eigenvalue weighted by Crippen LogP contribution is -2.42. The number of fused-ring (bicyclic) bond motifs is 1. The second-order valence-electron chi connectivity index (χ2n) is 6.88. The number of nitrogens with one attached hydrogen (secondary N) is 2. The van der Waals surface area contributed by atoms with Crippen molar-refractivity contribution in [3.8, 4) is 0 Å². The fourth-order valence-corrected chi connectivity index (χ4v) is 3.64. The summed E-state index contributed by atoms with van der Waals surface area (Å²) >= 11 is 3.44. The molecule has 6 nitrogen and oxygen atoms in total. The van der Waals surface area contributed by atoms with E-state index in [1.54, 1.807) is 48.5 Å². The number of hydrogen-bond acceptors (Lipinski definition) is 3. The van der Waals surface area contributed by atoms with Crippen LogP contribution in [0.3, 0.4) is 0 Å². The molecule has 0 spiro atoms. The maximum atomic E-state index is 13.0. The highest BCUT2D eigenvalue weighted by molar-refractivity contribution is 9.10. The number of para-hydroxylation sites is 2. The molecule has 0 saturated carbocycles. The maximum absolute atomic E-state index is 13.0. The van der Waals surface area contributed by atoms with Gasteiger partial charge in [-0.05, 0) is 54.1 Å². The second kappa shape index (κ2) is 8.97. The van der Waals surface area contributed by atoms with Crippen molar-refractivity contribution in [1.82, 2.24) is 0 Å². The Hall–Kier alpha value is -3.71. The number of rotatable bonds is 4. The zero-order valence-electron chi connectivity index (χ0n) is 16.3. The fourth-order valence-electron chi connectivity index (χ4n) is 3.23. The predicted octanol–water partition coefficient (Wildman–Crippen LogP) is 4.70. The summed E-state index contributed by atoms with van der Waals surface area (Å²) in [5.74, 6) is -0.807. The zero-order valence-corrected chi connectivity index (χ0v) is 17.9. The second-order valence-corrected chi connectivity index (χ2v) is 7.73. The number of carbonyl (C=O) groups excluding carboxylic acids is 3. The van der Waals surface area contributed by atoms with Gasteiger partial charge in [-0.2, -0.15) is 0 Å². The third-order valence-electron chi connectivity index (χ3n) is 4.73. The van der Waals surface area contributed by atoms with Gasteiger partial charge in [0.25, 0.3) is 5.91 Å².